The highest BCUT2D eigenvalue weighted by Gasteiger charge is 2.07. The van der Waals surface area contributed by atoms with Crippen molar-refractivity contribution >= 4 is 0 Å². The molecule has 0 bridgehead atoms. The molecule has 1 unspecified atom stereocenters. The van der Waals surface area contributed by atoms with Crippen molar-refractivity contribution in [1.82, 2.24) is 4.90 Å². The van der Waals surface area contributed by atoms with Gasteiger partial charge in [0.15, 0.2) is 0 Å². The molecule has 0 radical (unpaired) electrons. The predicted octanol–water partition coefficient (Wildman–Crippen LogP) is 3.92. The lowest BCUT2D eigenvalue weighted by Gasteiger charge is -2.23. The zero-order chi connectivity index (χ0) is 12.0. The number of allylic oxidation sites excluding steroid dienone is 5. The van der Waals surface area contributed by atoms with Crippen LogP contribution < -0.4 is 0 Å². The predicted molar refractivity (Wildman–Crippen MR) is 72.2 cm³/mol. The van der Waals surface area contributed by atoms with Gasteiger partial charge in [-0.1, -0.05) is 50.8 Å². The number of hydrogen-bond acceptors (Lipinski definition) is 1. The Morgan fingerprint density at radius 2 is 2.12 bits per heavy atom. The maximum Gasteiger partial charge on any atom is 0.0269 e. The Kier molecular flexibility index (Phi) is 5.10. The molecule has 88 valence electrons. The Morgan fingerprint density at radius 1 is 1.38 bits per heavy atom. The fourth-order valence-electron chi connectivity index (χ4n) is 1.76. The van der Waals surface area contributed by atoms with Crippen LogP contribution in [0.4, 0.5) is 0 Å². The average molecular weight is 217 g/mol. The Hall–Kier alpha value is -1.24. The van der Waals surface area contributed by atoms with Gasteiger partial charge in [-0.15, -0.1) is 0 Å². The quantitative estimate of drug-likeness (QED) is 0.674. The van der Waals surface area contributed by atoms with Crippen molar-refractivity contribution in [3.63, 3.8) is 0 Å². The van der Waals surface area contributed by atoms with Gasteiger partial charge in [0.05, 0.1) is 0 Å². The van der Waals surface area contributed by atoms with E-state index in [-0.39, 0.29) is 0 Å². The van der Waals surface area contributed by atoms with E-state index in [1.54, 1.807) is 0 Å². The van der Waals surface area contributed by atoms with Gasteiger partial charge in [0.1, 0.15) is 0 Å². The van der Waals surface area contributed by atoms with Crippen molar-refractivity contribution in [3.05, 3.63) is 48.2 Å². The molecule has 0 aromatic rings. The summed E-state index contributed by atoms with van der Waals surface area (Å²) >= 11 is 0. The molecule has 1 heteroatoms. The number of nitrogens with zero attached hydrogens (tertiary/aromatic N) is 1. The minimum atomic E-state index is 0.494. The minimum Gasteiger partial charge on any atom is -0.377 e. The molecule has 1 rings (SSSR count). The summed E-state index contributed by atoms with van der Waals surface area (Å²) in [5, 5.41) is 0. The van der Waals surface area contributed by atoms with Gasteiger partial charge in [-0.05, 0) is 18.4 Å². The van der Waals surface area contributed by atoms with E-state index in [4.69, 9.17) is 0 Å². The van der Waals surface area contributed by atoms with Gasteiger partial charge in [-0.25, -0.2) is 0 Å². The molecule has 0 heterocycles. The molecular formula is C15H23N. The van der Waals surface area contributed by atoms with E-state index in [2.05, 4.69) is 62.8 Å². The molecule has 0 saturated carbocycles. The highest BCUT2D eigenvalue weighted by molar-refractivity contribution is 5.28. The molecule has 0 spiro atoms. The van der Waals surface area contributed by atoms with E-state index in [0.717, 1.165) is 19.4 Å². The lowest BCUT2D eigenvalue weighted by Crippen LogP contribution is -2.22. The smallest absolute Gasteiger partial charge is 0.0269 e. The van der Waals surface area contributed by atoms with Crippen LogP contribution in [-0.4, -0.2) is 18.5 Å². The number of hydrogen-bond donors (Lipinski definition) is 0. The molecule has 16 heavy (non-hydrogen) atoms. The molecule has 1 aliphatic rings. The van der Waals surface area contributed by atoms with Gasteiger partial charge in [-0.2, -0.15) is 0 Å². The van der Waals surface area contributed by atoms with Crippen molar-refractivity contribution in [2.75, 3.05) is 13.6 Å². The van der Waals surface area contributed by atoms with E-state index in [1.165, 1.54) is 11.3 Å². The van der Waals surface area contributed by atoms with Crippen molar-refractivity contribution in [1.29, 1.82) is 0 Å². The van der Waals surface area contributed by atoms with Crippen LogP contribution in [0.5, 0.6) is 0 Å². The first-order chi connectivity index (χ1) is 7.67. The monoisotopic (exact) mass is 217 g/mol. The summed E-state index contributed by atoms with van der Waals surface area (Å²) in [6.07, 6.45) is 13.3. The van der Waals surface area contributed by atoms with Crippen molar-refractivity contribution in [2.45, 2.75) is 26.7 Å². The highest BCUT2D eigenvalue weighted by Crippen LogP contribution is 2.15. The third kappa shape index (κ3) is 3.73. The molecule has 0 saturated heterocycles. The normalized spacial score (nSPS) is 19.2. The summed E-state index contributed by atoms with van der Waals surface area (Å²) in [5.41, 5.74) is 2.60. The summed E-state index contributed by atoms with van der Waals surface area (Å²) in [5.74, 6) is 0.494. The molecular weight excluding hydrogens is 194 g/mol. The molecule has 0 aromatic carbocycles. The first kappa shape index (κ1) is 12.8. The van der Waals surface area contributed by atoms with Crippen LogP contribution in [0.1, 0.15) is 26.7 Å². The van der Waals surface area contributed by atoms with Crippen molar-refractivity contribution in [3.8, 4) is 0 Å². The molecule has 1 nitrogen and oxygen atoms in total. The molecule has 0 amide bonds. The van der Waals surface area contributed by atoms with E-state index >= 15 is 0 Å². The summed E-state index contributed by atoms with van der Waals surface area (Å²) in [4.78, 5) is 2.25. The second-order valence-electron chi connectivity index (χ2n) is 4.30. The summed E-state index contributed by atoms with van der Waals surface area (Å²) in [7, 11) is 2.12. The maximum atomic E-state index is 4.06. The highest BCUT2D eigenvalue weighted by atomic mass is 15.1. The largest absolute Gasteiger partial charge is 0.377 e. The van der Waals surface area contributed by atoms with Gasteiger partial charge in [-0.3, -0.25) is 0 Å². The Labute approximate surface area is 99.8 Å². The molecule has 1 atom stereocenters. The fourth-order valence-corrected chi connectivity index (χ4v) is 1.76. The van der Waals surface area contributed by atoms with E-state index in [1.807, 2.05) is 0 Å². The Balaban J connectivity index is 2.55. The molecule has 0 fully saturated rings. The lowest BCUT2D eigenvalue weighted by atomic mass is 10.1. The van der Waals surface area contributed by atoms with E-state index in [9.17, 15) is 0 Å². The lowest BCUT2D eigenvalue weighted by molar-refractivity contribution is 0.385. The van der Waals surface area contributed by atoms with Crippen LogP contribution in [-0.2, 0) is 0 Å². The second-order valence-corrected chi connectivity index (χ2v) is 4.30. The zero-order valence-electron chi connectivity index (χ0n) is 10.7. The molecule has 0 aromatic heterocycles. The van der Waals surface area contributed by atoms with Crippen molar-refractivity contribution in [2.24, 2.45) is 5.92 Å². The van der Waals surface area contributed by atoms with Gasteiger partial charge < -0.3 is 4.90 Å². The van der Waals surface area contributed by atoms with Gasteiger partial charge in [0.25, 0.3) is 0 Å². The van der Waals surface area contributed by atoms with Gasteiger partial charge >= 0.3 is 0 Å². The standard InChI is InChI=1S/C15H23N/c1-5-13(3)16(4)12-15-9-7-8-14(6-2)10-11-15/h7-11,15H,3,5-6,12H2,1-2,4H3. The van der Waals surface area contributed by atoms with Crippen molar-refractivity contribution < 1.29 is 0 Å². The second kappa shape index (κ2) is 6.37. The number of rotatable bonds is 5. The van der Waals surface area contributed by atoms with E-state index < -0.39 is 0 Å². The Morgan fingerprint density at radius 3 is 2.75 bits per heavy atom. The Bertz CT molecular complexity index is 320. The summed E-state index contributed by atoms with van der Waals surface area (Å²) in [6, 6.07) is 0. The summed E-state index contributed by atoms with van der Waals surface area (Å²) in [6.45, 7) is 9.41. The van der Waals surface area contributed by atoms with Crippen LogP contribution in [0.3, 0.4) is 0 Å². The SMILES string of the molecule is C=C(CC)N(C)CC1C=CC=C(CC)C=C1. The fraction of sp³-hybridized carbons (Fsp3) is 0.467. The van der Waals surface area contributed by atoms with Crippen LogP contribution in [0, 0.1) is 5.92 Å². The molecule has 0 N–H and O–H groups in total. The molecule has 1 aliphatic carbocycles. The average Bonchev–Trinajstić information content (AvgIpc) is 2.53. The first-order valence-corrected chi connectivity index (χ1v) is 6.11. The minimum absolute atomic E-state index is 0.494. The third-order valence-electron chi connectivity index (χ3n) is 3.07. The zero-order valence-corrected chi connectivity index (χ0v) is 10.7. The maximum absolute atomic E-state index is 4.06. The molecule has 0 aliphatic heterocycles. The van der Waals surface area contributed by atoms with Crippen LogP contribution in [0.25, 0.3) is 0 Å². The topological polar surface area (TPSA) is 3.24 Å². The first-order valence-electron chi connectivity index (χ1n) is 6.11. The van der Waals surface area contributed by atoms with Crippen LogP contribution >= 0.6 is 0 Å². The van der Waals surface area contributed by atoms with Crippen LogP contribution in [0.15, 0.2) is 48.2 Å². The van der Waals surface area contributed by atoms with Crippen LogP contribution in [0.2, 0.25) is 0 Å². The van der Waals surface area contributed by atoms with E-state index in [0.29, 0.717) is 5.92 Å². The van der Waals surface area contributed by atoms with Gasteiger partial charge in [0, 0.05) is 25.2 Å². The summed E-state index contributed by atoms with van der Waals surface area (Å²) < 4.78 is 0. The van der Waals surface area contributed by atoms with Gasteiger partial charge in [0.2, 0.25) is 0 Å². The third-order valence-corrected chi connectivity index (χ3v) is 3.07.